The third-order valence-electron chi connectivity index (χ3n) is 5.50. The molecule has 0 aliphatic carbocycles. The first-order valence-corrected chi connectivity index (χ1v) is 10.1. The molecule has 162 valence electrons. The minimum Gasteiger partial charge on any atom is -0.389 e. The van der Waals surface area contributed by atoms with Crippen LogP contribution in [0.3, 0.4) is 0 Å². The Morgan fingerprint density at radius 1 is 1.31 bits per heavy atom. The number of nitrogens with zero attached hydrogens (tertiary/aromatic N) is 5. The quantitative estimate of drug-likeness (QED) is 0.640. The number of ether oxygens (including phenoxy) is 1. The summed E-state index contributed by atoms with van der Waals surface area (Å²) < 4.78 is 21.6. The number of fused-ring (bicyclic) bond motifs is 1. The molecule has 0 bridgehead atoms. The smallest absolute Gasteiger partial charge is 0.255 e. The molecular weight excluding hydrogens is 415 g/mol. The molecule has 5 rings (SSSR count). The van der Waals surface area contributed by atoms with Gasteiger partial charge in [0.1, 0.15) is 5.82 Å². The van der Waals surface area contributed by atoms with Gasteiger partial charge in [-0.3, -0.25) is 4.79 Å². The molecular formula is C22H19FN6O3. The van der Waals surface area contributed by atoms with Crippen LogP contribution >= 0.6 is 0 Å². The summed E-state index contributed by atoms with van der Waals surface area (Å²) in [7, 11) is 0. The van der Waals surface area contributed by atoms with Gasteiger partial charge in [0.05, 0.1) is 65.7 Å². The Balaban J connectivity index is 1.62. The van der Waals surface area contributed by atoms with Crippen LogP contribution in [0.1, 0.15) is 21.6 Å². The minimum atomic E-state index is -0.629. The number of carbonyl (C=O) groups excluding carboxylic acids is 1. The van der Waals surface area contributed by atoms with Crippen molar-refractivity contribution >= 4 is 11.7 Å². The lowest BCUT2D eigenvalue weighted by molar-refractivity contribution is 0.0597. The van der Waals surface area contributed by atoms with E-state index in [9.17, 15) is 19.6 Å². The van der Waals surface area contributed by atoms with E-state index < -0.39 is 11.9 Å². The number of hydrogen-bond acceptors (Lipinski definition) is 7. The molecule has 2 N–H and O–H groups in total. The first kappa shape index (κ1) is 20.1. The molecule has 1 fully saturated rings. The number of benzene rings is 1. The van der Waals surface area contributed by atoms with Crippen LogP contribution in [0, 0.1) is 17.1 Å². The standard InChI is InChI=1S/C22H19FN6O3/c23-15-3-1-2-13(9-24)20(15)16-8-18(21-17(26-16)10-25-22(21)31)29-5-4-19(27-29)28-6-7-32-12-14(30)11-28/h1-5,8,14,30H,6-7,10-12H2,(H,25,31)/t14-/m1/s1. The van der Waals surface area contributed by atoms with Crippen molar-refractivity contribution in [2.24, 2.45) is 0 Å². The maximum absolute atomic E-state index is 14.7. The van der Waals surface area contributed by atoms with Crippen molar-refractivity contribution in [2.75, 3.05) is 31.2 Å². The van der Waals surface area contributed by atoms with Crippen LogP contribution in [0.25, 0.3) is 16.9 Å². The van der Waals surface area contributed by atoms with Gasteiger partial charge >= 0.3 is 0 Å². The van der Waals surface area contributed by atoms with Crippen molar-refractivity contribution in [3.05, 3.63) is 59.2 Å². The Morgan fingerprint density at radius 3 is 3.03 bits per heavy atom. The highest BCUT2D eigenvalue weighted by Gasteiger charge is 2.28. The fraction of sp³-hybridized carbons (Fsp3) is 0.273. The normalized spacial score (nSPS) is 18.1. The lowest BCUT2D eigenvalue weighted by Crippen LogP contribution is -2.33. The number of pyridine rings is 1. The predicted octanol–water partition coefficient (Wildman–Crippen LogP) is 1.39. The maximum atomic E-state index is 14.7. The van der Waals surface area contributed by atoms with Crippen molar-refractivity contribution in [3.8, 4) is 23.0 Å². The molecule has 1 aromatic carbocycles. The highest BCUT2D eigenvalue weighted by molar-refractivity contribution is 6.01. The summed E-state index contributed by atoms with van der Waals surface area (Å²) in [5, 5.41) is 26.8. The summed E-state index contributed by atoms with van der Waals surface area (Å²) in [6, 6.07) is 9.61. The van der Waals surface area contributed by atoms with E-state index in [4.69, 9.17) is 4.74 Å². The molecule has 0 saturated carbocycles. The lowest BCUT2D eigenvalue weighted by Gasteiger charge is -2.20. The van der Waals surface area contributed by atoms with Crippen LogP contribution in [0.15, 0.2) is 36.5 Å². The van der Waals surface area contributed by atoms with E-state index in [1.54, 1.807) is 18.3 Å². The lowest BCUT2D eigenvalue weighted by atomic mass is 10.0. The third-order valence-corrected chi connectivity index (χ3v) is 5.50. The molecule has 9 nitrogen and oxygen atoms in total. The van der Waals surface area contributed by atoms with Gasteiger partial charge in [-0.05, 0) is 18.2 Å². The van der Waals surface area contributed by atoms with E-state index in [0.29, 0.717) is 42.5 Å². The Bertz CT molecular complexity index is 1250. The molecule has 0 spiro atoms. The number of aromatic nitrogens is 3. The van der Waals surface area contributed by atoms with Gasteiger partial charge in [0, 0.05) is 25.4 Å². The second-order valence-corrected chi connectivity index (χ2v) is 7.60. The summed E-state index contributed by atoms with van der Waals surface area (Å²) >= 11 is 0. The molecule has 1 saturated heterocycles. The first-order valence-electron chi connectivity index (χ1n) is 10.1. The minimum absolute atomic E-state index is 0.0820. The second kappa shape index (κ2) is 8.03. The van der Waals surface area contributed by atoms with Gasteiger partial charge in [-0.15, -0.1) is 0 Å². The summed E-state index contributed by atoms with van der Waals surface area (Å²) in [5.41, 5.74) is 1.74. The van der Waals surface area contributed by atoms with Gasteiger partial charge in [-0.1, -0.05) is 6.07 Å². The predicted molar refractivity (Wildman–Crippen MR) is 112 cm³/mol. The fourth-order valence-electron chi connectivity index (χ4n) is 4.01. The van der Waals surface area contributed by atoms with Gasteiger partial charge in [-0.2, -0.15) is 10.4 Å². The van der Waals surface area contributed by atoms with Crippen molar-refractivity contribution in [1.82, 2.24) is 20.1 Å². The molecule has 2 aromatic heterocycles. The molecule has 3 aromatic rings. The molecule has 2 aliphatic rings. The molecule has 2 aliphatic heterocycles. The van der Waals surface area contributed by atoms with Crippen LogP contribution in [-0.2, 0) is 11.3 Å². The van der Waals surface area contributed by atoms with Crippen LogP contribution in [0.4, 0.5) is 10.2 Å². The summed E-state index contributed by atoms with van der Waals surface area (Å²) in [5.74, 6) is -0.248. The highest BCUT2D eigenvalue weighted by Crippen LogP contribution is 2.31. The Kier molecular flexibility index (Phi) is 5.05. The number of aliphatic hydroxyl groups is 1. The van der Waals surface area contributed by atoms with Crippen molar-refractivity contribution in [1.29, 1.82) is 5.26 Å². The highest BCUT2D eigenvalue weighted by atomic mass is 19.1. The maximum Gasteiger partial charge on any atom is 0.255 e. The number of rotatable bonds is 3. The molecule has 10 heteroatoms. The number of amides is 1. The molecule has 32 heavy (non-hydrogen) atoms. The van der Waals surface area contributed by atoms with Gasteiger partial charge in [-0.25, -0.2) is 14.1 Å². The van der Waals surface area contributed by atoms with Crippen molar-refractivity contribution < 1.29 is 19.0 Å². The molecule has 0 radical (unpaired) electrons. The second-order valence-electron chi connectivity index (χ2n) is 7.60. The van der Waals surface area contributed by atoms with E-state index >= 15 is 0 Å². The molecule has 4 heterocycles. The average Bonchev–Trinajstić information content (AvgIpc) is 3.36. The molecule has 1 amide bonds. The van der Waals surface area contributed by atoms with Crippen LogP contribution in [0.5, 0.6) is 0 Å². The fourth-order valence-corrected chi connectivity index (χ4v) is 4.01. The molecule has 1 atom stereocenters. The van der Waals surface area contributed by atoms with Crippen molar-refractivity contribution in [2.45, 2.75) is 12.6 Å². The van der Waals surface area contributed by atoms with E-state index in [1.807, 2.05) is 11.0 Å². The van der Waals surface area contributed by atoms with Gasteiger partial charge in [0.25, 0.3) is 5.91 Å². The van der Waals surface area contributed by atoms with E-state index in [-0.39, 0.29) is 35.9 Å². The first-order chi connectivity index (χ1) is 15.5. The van der Waals surface area contributed by atoms with Crippen LogP contribution < -0.4 is 10.2 Å². The largest absolute Gasteiger partial charge is 0.389 e. The molecule has 0 unspecified atom stereocenters. The summed E-state index contributed by atoms with van der Waals surface area (Å²) in [6.45, 7) is 1.87. The zero-order chi connectivity index (χ0) is 22.2. The monoisotopic (exact) mass is 434 g/mol. The Hall–Kier alpha value is -3.81. The number of carbonyl (C=O) groups is 1. The van der Waals surface area contributed by atoms with E-state index in [0.717, 1.165) is 0 Å². The third kappa shape index (κ3) is 3.47. The van der Waals surface area contributed by atoms with Gasteiger partial charge < -0.3 is 20.1 Å². The Labute approximate surface area is 182 Å². The summed E-state index contributed by atoms with van der Waals surface area (Å²) in [6.07, 6.45) is 1.07. The van der Waals surface area contributed by atoms with Crippen LogP contribution in [0.2, 0.25) is 0 Å². The van der Waals surface area contributed by atoms with Gasteiger partial charge in [0.15, 0.2) is 5.82 Å². The Morgan fingerprint density at radius 2 is 2.19 bits per heavy atom. The van der Waals surface area contributed by atoms with Crippen molar-refractivity contribution in [3.63, 3.8) is 0 Å². The number of anilines is 1. The van der Waals surface area contributed by atoms with E-state index in [2.05, 4.69) is 15.4 Å². The topological polar surface area (TPSA) is 116 Å². The average molecular weight is 434 g/mol. The summed E-state index contributed by atoms with van der Waals surface area (Å²) in [4.78, 5) is 18.9. The zero-order valence-corrected chi connectivity index (χ0v) is 17.0. The number of halogens is 1. The van der Waals surface area contributed by atoms with Crippen LogP contribution in [-0.4, -0.2) is 58.2 Å². The number of nitrogens with one attached hydrogen (secondary N) is 1. The zero-order valence-electron chi connectivity index (χ0n) is 17.0. The van der Waals surface area contributed by atoms with E-state index in [1.165, 1.54) is 22.9 Å². The number of aliphatic hydroxyl groups excluding tert-OH is 1. The number of hydrogen-bond donors (Lipinski definition) is 2. The van der Waals surface area contributed by atoms with Gasteiger partial charge in [0.2, 0.25) is 0 Å². The SMILES string of the molecule is N#Cc1cccc(F)c1-c1cc(-n2ccc(N3CCOC[C@H](O)C3)n2)c2c(n1)CNC2=O. The number of nitriles is 1. The number of β-amino-alcohol motifs (C(OH)–C–C–N with tert-alkyl or cyclic N) is 1.